The zero-order valence-electron chi connectivity index (χ0n) is 15.0. The third kappa shape index (κ3) is 4.13. The van der Waals surface area contributed by atoms with Crippen molar-refractivity contribution in [3.63, 3.8) is 0 Å². The van der Waals surface area contributed by atoms with E-state index in [0.717, 1.165) is 41.7 Å². The Morgan fingerprint density at radius 2 is 2.38 bits per heavy atom. The summed E-state index contributed by atoms with van der Waals surface area (Å²) < 4.78 is 18.0. The van der Waals surface area contributed by atoms with E-state index in [1.54, 1.807) is 0 Å². The molecule has 140 valence electrons. The van der Waals surface area contributed by atoms with E-state index in [1.807, 2.05) is 18.2 Å². The van der Waals surface area contributed by atoms with Gasteiger partial charge in [0.05, 0.1) is 0 Å². The van der Waals surface area contributed by atoms with Crippen molar-refractivity contribution in [2.75, 3.05) is 33.5 Å². The van der Waals surface area contributed by atoms with Crippen LogP contribution in [-0.2, 0) is 19.8 Å². The number of hydrogen-bond acceptors (Lipinski definition) is 6. The number of nitrogens with zero attached hydrogens (tertiary/aromatic N) is 1. The summed E-state index contributed by atoms with van der Waals surface area (Å²) in [5, 5.41) is 7.47. The predicted octanol–water partition coefficient (Wildman–Crippen LogP) is 3.13. The first kappa shape index (κ1) is 19.4. The van der Waals surface area contributed by atoms with E-state index in [2.05, 4.69) is 39.0 Å². The molecule has 1 aromatic rings. The molecule has 0 aromatic heterocycles. The molecule has 1 N–H and O–H groups in total. The minimum absolute atomic E-state index is 0.343. The molecule has 1 fully saturated rings. The zero-order chi connectivity index (χ0) is 18.5. The third-order valence-corrected chi connectivity index (χ3v) is 5.31. The summed E-state index contributed by atoms with van der Waals surface area (Å²) in [7, 11) is 2.82. The first-order valence-electron chi connectivity index (χ1n) is 8.72. The van der Waals surface area contributed by atoms with E-state index in [-0.39, 0.29) is 5.60 Å². The number of halogens is 1. The van der Waals surface area contributed by atoms with Gasteiger partial charge in [0, 0.05) is 0 Å². The van der Waals surface area contributed by atoms with Gasteiger partial charge in [-0.1, -0.05) is 0 Å². The molecular formula is C18H24BBrN2O4. The molecule has 2 heterocycles. The number of fused-ring (bicyclic) bond motifs is 1. The van der Waals surface area contributed by atoms with E-state index in [0.29, 0.717) is 19.8 Å². The Morgan fingerprint density at radius 1 is 1.50 bits per heavy atom. The molecule has 8 heteroatoms. The van der Waals surface area contributed by atoms with Gasteiger partial charge in [0.25, 0.3) is 0 Å². The maximum atomic E-state index is 6.45. The summed E-state index contributed by atoms with van der Waals surface area (Å²) in [6.07, 6.45) is 4.49. The molecule has 6 nitrogen and oxygen atoms in total. The van der Waals surface area contributed by atoms with Gasteiger partial charge in [-0.2, -0.15) is 0 Å². The van der Waals surface area contributed by atoms with Crippen molar-refractivity contribution < 1.29 is 19.0 Å². The van der Waals surface area contributed by atoms with Crippen molar-refractivity contribution >= 4 is 23.2 Å². The maximum absolute atomic E-state index is 6.45. The number of ether oxygens (including phenoxy) is 2. The van der Waals surface area contributed by atoms with Gasteiger partial charge in [-0.05, 0) is 0 Å². The van der Waals surface area contributed by atoms with Crippen LogP contribution in [-0.4, -0.2) is 46.4 Å². The standard InChI is InChI=1S/C18H24BBrN2O4/c1-3-8-21-18(13-25-22-19-23-2)11-17(7-4-9-24-12-17)26-16-6-5-14(20)10-15(16)18/h3,5-6,10,21H,1,4,7-9,11-13H2,2H3. The molecule has 1 aromatic carbocycles. The second-order valence-corrected chi connectivity index (χ2v) is 7.65. The number of nitrogens with one attached hydrogen (secondary N) is 1. The van der Waals surface area contributed by atoms with Crippen molar-refractivity contribution in [2.45, 2.75) is 30.4 Å². The molecule has 2 aliphatic heterocycles. The van der Waals surface area contributed by atoms with Gasteiger partial charge in [0.2, 0.25) is 0 Å². The summed E-state index contributed by atoms with van der Waals surface area (Å²) in [6.45, 7) is 6.18. The van der Waals surface area contributed by atoms with E-state index >= 15 is 0 Å². The summed E-state index contributed by atoms with van der Waals surface area (Å²) in [4.78, 5) is 5.58. The quantitative estimate of drug-likeness (QED) is 0.415. The first-order chi connectivity index (χ1) is 12.6. The van der Waals surface area contributed by atoms with Gasteiger partial charge >= 0.3 is 163 Å². The van der Waals surface area contributed by atoms with Crippen molar-refractivity contribution in [3.8, 4) is 5.75 Å². The normalized spacial score (nSPS) is 27.5. The molecule has 2 aliphatic rings. The Bertz CT molecular complexity index is 667. The van der Waals surface area contributed by atoms with Crippen molar-refractivity contribution in [2.24, 2.45) is 5.06 Å². The molecule has 2 atom stereocenters. The molecule has 1 saturated heterocycles. The van der Waals surface area contributed by atoms with Gasteiger partial charge in [-0.25, -0.2) is 0 Å². The Hall–Kier alpha value is -1.38. The van der Waals surface area contributed by atoms with Crippen LogP contribution in [0.4, 0.5) is 0 Å². The van der Waals surface area contributed by atoms with Gasteiger partial charge in [0.1, 0.15) is 0 Å². The third-order valence-electron chi connectivity index (χ3n) is 4.81. The van der Waals surface area contributed by atoms with Crippen molar-refractivity contribution in [1.29, 1.82) is 0 Å². The van der Waals surface area contributed by atoms with Crippen LogP contribution < -0.4 is 10.1 Å². The molecule has 1 spiro atoms. The fraction of sp³-hybridized carbons (Fsp3) is 0.556. The molecule has 0 aliphatic carbocycles. The van der Waals surface area contributed by atoms with Crippen LogP contribution in [0.15, 0.2) is 40.4 Å². The van der Waals surface area contributed by atoms with E-state index in [9.17, 15) is 0 Å². The second kappa shape index (κ2) is 8.54. The molecule has 0 amide bonds. The number of hydrogen-bond donors (Lipinski definition) is 1. The Morgan fingerprint density at radius 3 is 3.12 bits per heavy atom. The zero-order valence-corrected chi connectivity index (χ0v) is 16.6. The second-order valence-electron chi connectivity index (χ2n) is 6.73. The topological polar surface area (TPSA) is 61.3 Å². The fourth-order valence-corrected chi connectivity index (χ4v) is 4.11. The van der Waals surface area contributed by atoms with Crippen LogP contribution in [0, 0.1) is 0 Å². The monoisotopic (exact) mass is 422 g/mol. The fourth-order valence-electron chi connectivity index (χ4n) is 3.75. The molecule has 0 radical (unpaired) electrons. The summed E-state index contributed by atoms with van der Waals surface area (Å²) >= 11 is 3.57. The number of rotatable bonds is 7. The number of benzene rings is 1. The van der Waals surface area contributed by atoms with Crippen molar-refractivity contribution in [3.05, 3.63) is 40.9 Å². The minimum atomic E-state index is -0.475. The van der Waals surface area contributed by atoms with Gasteiger partial charge < -0.3 is 0 Å². The molecular weight excluding hydrogens is 399 g/mol. The van der Waals surface area contributed by atoms with Crippen LogP contribution in [0.5, 0.6) is 5.75 Å². The average Bonchev–Trinajstić information content (AvgIpc) is 2.65. The van der Waals surface area contributed by atoms with E-state index in [4.69, 9.17) is 19.0 Å². The molecule has 2 unspecified atom stereocenters. The summed E-state index contributed by atoms with van der Waals surface area (Å²) in [5.74, 6) is 0.848. The van der Waals surface area contributed by atoms with E-state index in [1.165, 1.54) is 14.4 Å². The van der Waals surface area contributed by atoms with Crippen LogP contribution in [0.2, 0.25) is 0 Å². The molecule has 26 heavy (non-hydrogen) atoms. The van der Waals surface area contributed by atoms with Crippen molar-refractivity contribution in [1.82, 2.24) is 5.32 Å². The first-order valence-corrected chi connectivity index (χ1v) is 9.52. The van der Waals surface area contributed by atoms with Crippen LogP contribution in [0.1, 0.15) is 24.8 Å². The summed E-state index contributed by atoms with van der Waals surface area (Å²) in [5.41, 5.74) is 0.191. The van der Waals surface area contributed by atoms with Crippen LogP contribution in [0.3, 0.4) is 0 Å². The van der Waals surface area contributed by atoms with E-state index < -0.39 is 5.54 Å². The SMILES string of the molecule is C=CCNC1(CON=BOC)CC2(CCCOC2)Oc2ccc(Br)cc21. The predicted molar refractivity (Wildman–Crippen MR) is 103 cm³/mol. The summed E-state index contributed by atoms with van der Waals surface area (Å²) in [6, 6.07) is 6.06. The van der Waals surface area contributed by atoms with Crippen LogP contribution >= 0.6 is 15.9 Å². The van der Waals surface area contributed by atoms with Gasteiger partial charge in [0.15, 0.2) is 0 Å². The Labute approximate surface area is 163 Å². The van der Waals surface area contributed by atoms with Gasteiger partial charge in [-0.3, -0.25) is 0 Å². The Balaban J connectivity index is 2.00. The molecule has 3 rings (SSSR count). The molecule has 0 bridgehead atoms. The molecule has 0 saturated carbocycles. The van der Waals surface area contributed by atoms with Gasteiger partial charge in [-0.15, -0.1) is 0 Å². The van der Waals surface area contributed by atoms with Crippen LogP contribution in [0.25, 0.3) is 0 Å². The average molecular weight is 423 g/mol. The Kier molecular flexibility index (Phi) is 6.37.